The zero-order chi connectivity index (χ0) is 23.2. The number of carboxylic acids is 1. The Morgan fingerprint density at radius 2 is 1.55 bits per heavy atom. The fourth-order valence-corrected chi connectivity index (χ4v) is 4.08. The summed E-state index contributed by atoms with van der Waals surface area (Å²) in [5.41, 5.74) is 6.04. The van der Waals surface area contributed by atoms with Crippen molar-refractivity contribution in [3.05, 3.63) is 95.6 Å². The number of carboxylic acid groups (broad SMARTS) is 1. The highest BCUT2D eigenvalue weighted by Crippen LogP contribution is 2.28. The van der Waals surface area contributed by atoms with Crippen LogP contribution < -0.4 is 10.3 Å². The highest BCUT2D eigenvalue weighted by atomic mass is 16.4. The average Bonchev–Trinajstić information content (AvgIpc) is 2.84. The van der Waals surface area contributed by atoms with Gasteiger partial charge in [0, 0.05) is 17.7 Å². The summed E-state index contributed by atoms with van der Waals surface area (Å²) >= 11 is 0. The number of carbonyl (C=O) groups excluding carboxylic acids is 2. The zero-order valence-corrected chi connectivity index (χ0v) is 17.8. The number of amides is 2. The SMILES string of the molecule is O=C(O)C(=O)c1cccc2c1CCC(C=NNC(=O)N(c1ccccc1)c1ccccc1)C2. The number of hydrazone groups is 1. The third kappa shape index (κ3) is 4.98. The molecule has 0 heterocycles. The van der Waals surface area contributed by atoms with Crippen molar-refractivity contribution in [2.75, 3.05) is 4.90 Å². The lowest BCUT2D eigenvalue weighted by Crippen LogP contribution is -2.34. The predicted octanol–water partition coefficient (Wildman–Crippen LogP) is 4.59. The first kappa shape index (κ1) is 22.0. The normalized spacial score (nSPS) is 15.0. The van der Waals surface area contributed by atoms with Gasteiger partial charge in [-0.3, -0.25) is 9.69 Å². The second-order valence-electron chi connectivity index (χ2n) is 7.78. The van der Waals surface area contributed by atoms with Gasteiger partial charge in [0.1, 0.15) is 0 Å². The first-order valence-corrected chi connectivity index (χ1v) is 10.7. The third-order valence-electron chi connectivity index (χ3n) is 5.64. The minimum absolute atomic E-state index is 0.0647. The van der Waals surface area contributed by atoms with E-state index in [9.17, 15) is 14.4 Å². The second-order valence-corrected chi connectivity index (χ2v) is 7.78. The van der Waals surface area contributed by atoms with Crippen LogP contribution in [-0.2, 0) is 17.6 Å². The highest BCUT2D eigenvalue weighted by Gasteiger charge is 2.25. The van der Waals surface area contributed by atoms with Crippen LogP contribution in [0.1, 0.15) is 27.9 Å². The summed E-state index contributed by atoms with van der Waals surface area (Å²) in [6.45, 7) is 0. The molecule has 2 amide bonds. The van der Waals surface area contributed by atoms with Crippen molar-refractivity contribution in [2.45, 2.75) is 19.3 Å². The monoisotopic (exact) mass is 441 g/mol. The Morgan fingerprint density at radius 3 is 2.15 bits per heavy atom. The van der Waals surface area contributed by atoms with Crippen molar-refractivity contribution >= 4 is 35.4 Å². The summed E-state index contributed by atoms with van der Waals surface area (Å²) < 4.78 is 0. The van der Waals surface area contributed by atoms with E-state index in [4.69, 9.17) is 5.11 Å². The van der Waals surface area contributed by atoms with Gasteiger partial charge in [-0.15, -0.1) is 0 Å². The first-order chi connectivity index (χ1) is 16.0. The number of nitrogens with zero attached hydrogens (tertiary/aromatic N) is 2. The quantitative estimate of drug-likeness (QED) is 0.253. The molecule has 0 saturated carbocycles. The van der Waals surface area contributed by atoms with E-state index in [1.165, 1.54) is 0 Å². The van der Waals surface area contributed by atoms with Crippen LogP contribution in [-0.4, -0.2) is 29.1 Å². The summed E-state index contributed by atoms with van der Waals surface area (Å²) in [6, 6.07) is 23.4. The number of rotatable bonds is 6. The van der Waals surface area contributed by atoms with Crippen LogP contribution in [0.5, 0.6) is 0 Å². The number of hydrogen-bond donors (Lipinski definition) is 2. The Morgan fingerprint density at radius 1 is 0.909 bits per heavy atom. The maximum atomic E-state index is 13.0. The van der Waals surface area contributed by atoms with Crippen molar-refractivity contribution in [3.8, 4) is 0 Å². The summed E-state index contributed by atoms with van der Waals surface area (Å²) in [4.78, 5) is 37.6. The molecule has 0 saturated heterocycles. The molecule has 0 bridgehead atoms. The van der Waals surface area contributed by atoms with Crippen molar-refractivity contribution < 1.29 is 19.5 Å². The lowest BCUT2D eigenvalue weighted by atomic mass is 9.81. The number of benzene rings is 3. The Hall–Kier alpha value is -4.26. The number of Topliss-reactive ketones (excluding diaryl/α,β-unsaturated/α-hetero) is 1. The molecule has 0 aromatic heterocycles. The van der Waals surface area contributed by atoms with E-state index in [0.717, 1.165) is 22.5 Å². The maximum Gasteiger partial charge on any atom is 0.377 e. The Bertz CT molecular complexity index is 1150. The van der Waals surface area contributed by atoms with Gasteiger partial charge in [0.2, 0.25) is 0 Å². The number of aliphatic carboxylic acids is 1. The largest absolute Gasteiger partial charge is 0.475 e. The summed E-state index contributed by atoms with van der Waals surface area (Å²) in [6.07, 6.45) is 3.61. The molecule has 166 valence electrons. The molecular weight excluding hydrogens is 418 g/mol. The van der Waals surface area contributed by atoms with Gasteiger partial charge in [0.05, 0.1) is 11.4 Å². The second kappa shape index (κ2) is 9.91. The molecule has 1 aliphatic carbocycles. The standard InChI is InChI=1S/C26H23N3O4/c30-24(25(31)32)23-13-7-8-19-16-18(14-15-22(19)23)17-27-28-26(33)29(20-9-3-1-4-10-20)21-11-5-2-6-12-21/h1-13,17-18H,14-16H2,(H,28,33)(H,31,32). The molecule has 7 heteroatoms. The lowest BCUT2D eigenvalue weighted by Gasteiger charge is -2.24. The van der Waals surface area contributed by atoms with Crippen molar-refractivity contribution in [3.63, 3.8) is 0 Å². The Kier molecular flexibility index (Phi) is 6.59. The molecule has 0 aliphatic heterocycles. The number of para-hydroxylation sites is 2. The van der Waals surface area contributed by atoms with Crippen LogP contribution in [0.15, 0.2) is 84.0 Å². The lowest BCUT2D eigenvalue weighted by molar-refractivity contribution is -0.131. The molecule has 2 N–H and O–H groups in total. The molecule has 1 unspecified atom stereocenters. The van der Waals surface area contributed by atoms with Crippen LogP contribution in [0.3, 0.4) is 0 Å². The van der Waals surface area contributed by atoms with Crippen molar-refractivity contribution in [1.29, 1.82) is 0 Å². The fourth-order valence-electron chi connectivity index (χ4n) is 4.08. The van der Waals surface area contributed by atoms with E-state index in [-0.39, 0.29) is 17.5 Å². The Labute approximate surface area is 191 Å². The van der Waals surface area contributed by atoms with E-state index in [2.05, 4.69) is 10.5 Å². The molecular formula is C26H23N3O4. The summed E-state index contributed by atoms with van der Waals surface area (Å²) in [7, 11) is 0. The molecule has 4 rings (SSSR count). The maximum absolute atomic E-state index is 13.0. The average molecular weight is 441 g/mol. The van der Waals surface area contributed by atoms with Gasteiger partial charge < -0.3 is 5.11 Å². The molecule has 7 nitrogen and oxygen atoms in total. The van der Waals surface area contributed by atoms with Gasteiger partial charge in [0.15, 0.2) is 0 Å². The van der Waals surface area contributed by atoms with E-state index in [1.807, 2.05) is 66.7 Å². The third-order valence-corrected chi connectivity index (χ3v) is 5.64. The minimum Gasteiger partial charge on any atom is -0.475 e. The van der Waals surface area contributed by atoms with Gasteiger partial charge in [-0.1, -0.05) is 54.6 Å². The van der Waals surface area contributed by atoms with Gasteiger partial charge in [-0.2, -0.15) is 5.10 Å². The molecule has 3 aromatic rings. The van der Waals surface area contributed by atoms with Crippen LogP contribution in [0.4, 0.5) is 16.2 Å². The predicted molar refractivity (Wildman–Crippen MR) is 126 cm³/mol. The molecule has 3 aromatic carbocycles. The topological polar surface area (TPSA) is 99.1 Å². The highest BCUT2D eigenvalue weighted by molar-refractivity contribution is 6.40. The van der Waals surface area contributed by atoms with Crippen LogP contribution in [0, 0.1) is 5.92 Å². The number of hydrogen-bond acceptors (Lipinski definition) is 4. The van der Waals surface area contributed by atoms with Gasteiger partial charge in [-0.25, -0.2) is 15.0 Å². The first-order valence-electron chi connectivity index (χ1n) is 10.7. The van der Waals surface area contributed by atoms with Crippen LogP contribution in [0.2, 0.25) is 0 Å². The Balaban J connectivity index is 1.46. The van der Waals surface area contributed by atoms with Crippen LogP contribution >= 0.6 is 0 Å². The van der Waals surface area contributed by atoms with E-state index in [1.54, 1.807) is 23.2 Å². The van der Waals surface area contributed by atoms with Gasteiger partial charge in [-0.05, 0) is 54.7 Å². The van der Waals surface area contributed by atoms with Gasteiger partial charge in [0.25, 0.3) is 5.78 Å². The fraction of sp³-hybridized carbons (Fsp3) is 0.154. The number of carbonyl (C=O) groups is 3. The molecule has 1 atom stereocenters. The van der Waals surface area contributed by atoms with E-state index >= 15 is 0 Å². The number of ketones is 1. The molecule has 0 spiro atoms. The van der Waals surface area contributed by atoms with E-state index < -0.39 is 11.8 Å². The number of fused-ring (bicyclic) bond motifs is 1. The summed E-state index contributed by atoms with van der Waals surface area (Å²) in [5.74, 6) is -2.26. The number of urea groups is 1. The molecule has 0 fully saturated rings. The van der Waals surface area contributed by atoms with Crippen molar-refractivity contribution in [2.24, 2.45) is 11.0 Å². The minimum atomic E-state index is -1.45. The number of anilines is 2. The van der Waals surface area contributed by atoms with Crippen LogP contribution in [0.25, 0.3) is 0 Å². The number of nitrogens with one attached hydrogen (secondary N) is 1. The molecule has 33 heavy (non-hydrogen) atoms. The van der Waals surface area contributed by atoms with Gasteiger partial charge >= 0.3 is 12.0 Å². The zero-order valence-electron chi connectivity index (χ0n) is 17.8. The smallest absolute Gasteiger partial charge is 0.377 e. The van der Waals surface area contributed by atoms with Crippen molar-refractivity contribution in [1.82, 2.24) is 5.43 Å². The van der Waals surface area contributed by atoms with E-state index in [0.29, 0.717) is 19.3 Å². The summed E-state index contributed by atoms with van der Waals surface area (Å²) in [5, 5.41) is 13.3. The molecule has 0 radical (unpaired) electrons. The molecule has 1 aliphatic rings.